The van der Waals surface area contributed by atoms with Gasteiger partial charge in [-0.15, -0.1) is 0 Å². The van der Waals surface area contributed by atoms with Gasteiger partial charge >= 0.3 is 0 Å². The molecule has 2 aromatic carbocycles. The first-order valence-electron chi connectivity index (χ1n) is 18.9. The summed E-state index contributed by atoms with van der Waals surface area (Å²) in [6.45, 7) is 58.5. The number of allylic oxidation sites excluding steroid dienone is 2. The van der Waals surface area contributed by atoms with E-state index in [2.05, 4.69) is 188 Å². The lowest BCUT2D eigenvalue weighted by molar-refractivity contribution is 1.08. The molecule has 0 heterocycles. The summed E-state index contributed by atoms with van der Waals surface area (Å²) in [5.74, 6) is 0. The first kappa shape index (κ1) is 44.1. The van der Waals surface area contributed by atoms with E-state index >= 15 is 0 Å². The summed E-state index contributed by atoms with van der Waals surface area (Å²) in [6.07, 6.45) is 2.29. The molecule has 2 rings (SSSR count). The third-order valence-electron chi connectivity index (χ3n) is 10.0. The van der Waals surface area contributed by atoms with Gasteiger partial charge in [0.25, 0.3) is 0 Å². The Morgan fingerprint density at radius 2 is 0.857 bits per heavy atom. The molecule has 0 atom stereocenters. The lowest BCUT2D eigenvalue weighted by Crippen LogP contribution is -2.49. The Morgan fingerprint density at radius 3 is 1.16 bits per heavy atom. The van der Waals surface area contributed by atoms with E-state index in [4.69, 9.17) is 4.99 Å². The minimum atomic E-state index is -1.62. The summed E-state index contributed by atoms with van der Waals surface area (Å²) in [7, 11) is -9.53. The monoisotopic (exact) mass is 766 g/mol. The highest BCUT2D eigenvalue weighted by atomic mass is 28.4. The first-order chi connectivity index (χ1) is 21.7. The van der Waals surface area contributed by atoms with E-state index in [9.17, 15) is 0 Å². The van der Waals surface area contributed by atoms with Crippen LogP contribution in [0.25, 0.3) is 0 Å². The van der Waals surface area contributed by atoms with Gasteiger partial charge < -0.3 is 5.32 Å². The molecule has 0 bridgehead atoms. The summed E-state index contributed by atoms with van der Waals surface area (Å²) in [5.41, 5.74) is 13.6. The van der Waals surface area contributed by atoms with Gasteiger partial charge in [-0.05, 0) is 84.0 Å². The van der Waals surface area contributed by atoms with Crippen molar-refractivity contribution in [2.75, 3.05) is 5.32 Å². The molecule has 2 nitrogen and oxygen atoms in total. The van der Waals surface area contributed by atoms with E-state index in [1.165, 1.54) is 28.1 Å². The Balaban J connectivity index is 3.19. The Labute approximate surface area is 311 Å². The maximum atomic E-state index is 5.18. The van der Waals surface area contributed by atoms with E-state index in [0.717, 1.165) is 11.4 Å². The quantitative estimate of drug-likeness (QED) is 0.159. The van der Waals surface area contributed by atoms with Crippen molar-refractivity contribution in [3.8, 4) is 0 Å². The summed E-state index contributed by atoms with van der Waals surface area (Å²) in [6, 6.07) is 10.1. The number of nitrogens with zero attached hydrogens (tertiary/aromatic N) is 1. The fraction of sp³-hybridized carbons (Fsp3) is 0.634. The largest absolute Gasteiger partial charge is 0.359 e. The van der Waals surface area contributed by atoms with E-state index < -0.39 is 48.4 Å². The molecule has 0 spiro atoms. The number of aliphatic imine (C=N–C) groups is 1. The van der Waals surface area contributed by atoms with Crippen LogP contribution in [-0.4, -0.2) is 54.2 Å². The number of benzene rings is 2. The standard InChI is InChI=1S/C41H78N2Si6/c1-29-24-30(2)37(31(3)25-29)42-32(4)26-33(5)43-38-35(40(46(12,13)14)47(15,16)17)27-34(39(44(6,7)8)45(9,10)11)28-36(38)41(48(18,19)20)49(21,22)23/h24-28,39-41,43H,1-23H3. The highest BCUT2D eigenvalue weighted by Crippen LogP contribution is 2.49. The summed E-state index contributed by atoms with van der Waals surface area (Å²) < 4.78 is 0. The molecule has 0 aromatic heterocycles. The van der Waals surface area contributed by atoms with Crippen LogP contribution >= 0.6 is 0 Å². The minimum Gasteiger partial charge on any atom is -0.359 e. The van der Waals surface area contributed by atoms with Gasteiger partial charge in [0.2, 0.25) is 0 Å². The van der Waals surface area contributed by atoms with Gasteiger partial charge in [-0.1, -0.05) is 148 Å². The van der Waals surface area contributed by atoms with Gasteiger partial charge in [-0.3, -0.25) is 4.99 Å². The smallest absolute Gasteiger partial charge is 0.0691 e. The second-order valence-corrected chi connectivity index (χ2v) is 55.6. The summed E-state index contributed by atoms with van der Waals surface area (Å²) in [4.78, 5) is 5.18. The molecule has 0 aliphatic carbocycles. The third kappa shape index (κ3) is 11.5. The van der Waals surface area contributed by atoms with Crippen LogP contribution in [0.1, 0.15) is 62.7 Å². The molecule has 49 heavy (non-hydrogen) atoms. The normalized spacial score (nSPS) is 14.8. The van der Waals surface area contributed by atoms with Crippen LogP contribution in [0.3, 0.4) is 0 Å². The molecule has 0 fully saturated rings. The van der Waals surface area contributed by atoms with Crippen LogP contribution in [-0.2, 0) is 0 Å². The molecule has 0 aliphatic heterocycles. The second-order valence-electron chi connectivity index (χ2n) is 22.0. The van der Waals surface area contributed by atoms with E-state index in [0.29, 0.717) is 15.5 Å². The molecular weight excluding hydrogens is 689 g/mol. The fourth-order valence-electron chi connectivity index (χ4n) is 10.3. The zero-order chi connectivity index (χ0) is 38.5. The van der Waals surface area contributed by atoms with Crippen molar-refractivity contribution in [1.82, 2.24) is 0 Å². The fourth-order valence-corrected chi connectivity index (χ4v) is 48.5. The van der Waals surface area contributed by atoms with Crippen molar-refractivity contribution in [3.05, 3.63) is 69.4 Å². The predicted octanol–water partition coefficient (Wildman–Crippen LogP) is 14.2. The lowest BCUT2D eigenvalue weighted by atomic mass is 10.0. The molecule has 0 aliphatic rings. The Hall–Kier alpha value is -1.05. The number of nitrogens with one attached hydrogen (secondary N) is 1. The van der Waals surface area contributed by atoms with Gasteiger partial charge in [-0.25, -0.2) is 0 Å². The van der Waals surface area contributed by atoms with Crippen LogP contribution in [0.2, 0.25) is 118 Å². The highest BCUT2D eigenvalue weighted by molar-refractivity contribution is 6.98. The summed E-state index contributed by atoms with van der Waals surface area (Å²) in [5, 5.41) is 6.23. The van der Waals surface area contributed by atoms with Gasteiger partial charge in [0.15, 0.2) is 0 Å². The predicted molar refractivity (Wildman–Crippen MR) is 246 cm³/mol. The number of hydrogen-bond donors (Lipinski definition) is 1. The van der Waals surface area contributed by atoms with Crippen molar-refractivity contribution in [2.45, 2.75) is 168 Å². The van der Waals surface area contributed by atoms with E-state index in [1.54, 1.807) is 16.7 Å². The average molecular weight is 768 g/mol. The van der Waals surface area contributed by atoms with Crippen LogP contribution in [0.5, 0.6) is 0 Å². The molecule has 276 valence electrons. The topological polar surface area (TPSA) is 24.4 Å². The zero-order valence-electron chi connectivity index (χ0n) is 36.6. The molecule has 2 aromatic rings. The lowest BCUT2D eigenvalue weighted by Gasteiger charge is -2.46. The van der Waals surface area contributed by atoms with Crippen molar-refractivity contribution in [1.29, 1.82) is 0 Å². The summed E-state index contributed by atoms with van der Waals surface area (Å²) >= 11 is 0. The number of anilines is 1. The molecule has 0 amide bonds. The minimum absolute atomic E-state index is 0.648. The first-order valence-corrected chi connectivity index (χ1v) is 40.4. The van der Waals surface area contributed by atoms with E-state index in [-0.39, 0.29) is 0 Å². The number of aryl methyl sites for hydroxylation is 3. The Kier molecular flexibility index (Phi) is 13.6. The van der Waals surface area contributed by atoms with Gasteiger partial charge in [0, 0.05) is 65.5 Å². The van der Waals surface area contributed by atoms with Crippen molar-refractivity contribution in [3.63, 3.8) is 0 Å². The molecule has 0 saturated heterocycles. The molecular formula is C41H78N2Si6. The molecule has 8 heteroatoms. The van der Waals surface area contributed by atoms with Crippen LogP contribution in [0.4, 0.5) is 11.4 Å². The van der Waals surface area contributed by atoms with E-state index in [1.807, 2.05) is 0 Å². The van der Waals surface area contributed by atoms with Gasteiger partial charge in [-0.2, -0.15) is 0 Å². The zero-order valence-corrected chi connectivity index (χ0v) is 42.6. The van der Waals surface area contributed by atoms with Crippen LogP contribution < -0.4 is 5.32 Å². The second kappa shape index (κ2) is 15.1. The van der Waals surface area contributed by atoms with Crippen molar-refractivity contribution in [2.24, 2.45) is 4.99 Å². The third-order valence-corrected chi connectivity index (χ3v) is 37.9. The van der Waals surface area contributed by atoms with Crippen molar-refractivity contribution >= 4 is 65.5 Å². The average Bonchev–Trinajstić information content (AvgIpc) is 2.77. The molecule has 0 saturated carbocycles. The molecule has 0 radical (unpaired) electrons. The SMILES string of the molecule is CC(=CC(C)=Nc1c(C)cc(C)cc1C)Nc1c(C([Si](C)(C)C)[Si](C)(C)C)cc(C([Si](C)(C)C)[Si](C)(C)C)cc1C([Si](C)(C)C)[Si](C)(C)C. The molecule has 1 N–H and O–H groups in total. The number of hydrogen-bond acceptors (Lipinski definition) is 2. The highest BCUT2D eigenvalue weighted by Gasteiger charge is 2.46. The molecule has 0 unspecified atom stereocenters. The Morgan fingerprint density at radius 1 is 0.531 bits per heavy atom. The van der Waals surface area contributed by atoms with Crippen LogP contribution in [0.15, 0.2) is 41.0 Å². The Bertz CT molecular complexity index is 1430. The van der Waals surface area contributed by atoms with Crippen LogP contribution in [0, 0.1) is 20.8 Å². The van der Waals surface area contributed by atoms with Gasteiger partial charge in [0.1, 0.15) is 0 Å². The maximum Gasteiger partial charge on any atom is 0.0691 e. The van der Waals surface area contributed by atoms with Gasteiger partial charge in [0.05, 0.1) is 5.69 Å². The van der Waals surface area contributed by atoms with Crippen molar-refractivity contribution < 1.29 is 0 Å². The maximum absolute atomic E-state index is 5.18. The number of rotatable bonds is 13.